The Morgan fingerprint density at radius 1 is 1.05 bits per heavy atom. The van der Waals surface area contributed by atoms with Gasteiger partial charge in [0.05, 0.1) is 11.8 Å². The Kier molecular flexibility index (Phi) is 3.84. The molecule has 3 rings (SSSR count). The molecule has 1 unspecified atom stereocenters. The third-order valence-electron chi connectivity index (χ3n) is 3.74. The molecule has 0 amide bonds. The molecule has 0 saturated carbocycles. The van der Waals surface area contributed by atoms with Gasteiger partial charge in [0.1, 0.15) is 0 Å². The van der Waals surface area contributed by atoms with Crippen molar-refractivity contribution in [1.29, 1.82) is 0 Å². The molecule has 1 atom stereocenters. The molecule has 1 N–H and O–H groups in total. The topological polar surface area (TPSA) is 27.6 Å². The number of rotatable bonds is 3. The Balaban J connectivity index is 1.72. The maximum Gasteiger partial charge on any atom is 0.0745 e. The van der Waals surface area contributed by atoms with E-state index in [1.54, 1.807) is 0 Å². The summed E-state index contributed by atoms with van der Waals surface area (Å²) in [6, 6.07) is 16.7. The van der Waals surface area contributed by atoms with Crippen LogP contribution in [-0.4, -0.2) is 19.8 Å². The highest BCUT2D eigenvalue weighted by Gasteiger charge is 2.21. The van der Waals surface area contributed by atoms with Crippen LogP contribution in [0.25, 0.3) is 0 Å². The maximum absolute atomic E-state index is 5.92. The molecule has 1 heterocycles. The lowest BCUT2D eigenvalue weighted by molar-refractivity contribution is 0.620. The minimum absolute atomic E-state index is 0.242. The summed E-state index contributed by atoms with van der Waals surface area (Å²) in [4.78, 5) is 2.10. The zero-order valence-corrected chi connectivity index (χ0v) is 12.9. The van der Waals surface area contributed by atoms with E-state index in [0.717, 1.165) is 22.7 Å². The molecule has 0 bridgehead atoms. The van der Waals surface area contributed by atoms with E-state index < -0.39 is 0 Å². The second-order valence-corrected chi connectivity index (χ2v) is 5.87. The average Bonchev–Trinajstić information content (AvgIpc) is 2.98. The second kappa shape index (κ2) is 5.78. The van der Waals surface area contributed by atoms with Gasteiger partial charge in [-0.15, -0.1) is 0 Å². The molecule has 2 aromatic carbocycles. The van der Waals surface area contributed by atoms with Crippen molar-refractivity contribution in [2.45, 2.75) is 12.5 Å². The SMILES string of the molecule is CN(C)c1ccc(C2CC(c3ccc(Cl)cc3)=NN2)cc1. The molecule has 0 fully saturated rings. The van der Waals surface area contributed by atoms with E-state index in [4.69, 9.17) is 11.6 Å². The molecular weight excluding hydrogens is 282 g/mol. The van der Waals surface area contributed by atoms with Gasteiger partial charge in [-0.05, 0) is 35.4 Å². The molecule has 21 heavy (non-hydrogen) atoms. The zero-order chi connectivity index (χ0) is 14.8. The second-order valence-electron chi connectivity index (χ2n) is 5.44. The van der Waals surface area contributed by atoms with Crippen molar-refractivity contribution >= 4 is 23.0 Å². The predicted molar refractivity (Wildman–Crippen MR) is 89.3 cm³/mol. The molecule has 2 aromatic rings. The van der Waals surface area contributed by atoms with Crippen molar-refractivity contribution in [2.24, 2.45) is 5.10 Å². The third-order valence-corrected chi connectivity index (χ3v) is 3.99. The summed E-state index contributed by atoms with van der Waals surface area (Å²) in [6.45, 7) is 0. The van der Waals surface area contributed by atoms with Gasteiger partial charge in [-0.3, -0.25) is 0 Å². The summed E-state index contributed by atoms with van der Waals surface area (Å²) in [7, 11) is 4.09. The van der Waals surface area contributed by atoms with E-state index in [1.165, 1.54) is 11.3 Å². The fourth-order valence-corrected chi connectivity index (χ4v) is 2.59. The van der Waals surface area contributed by atoms with Gasteiger partial charge in [0, 0.05) is 31.2 Å². The number of benzene rings is 2. The van der Waals surface area contributed by atoms with Crippen molar-refractivity contribution < 1.29 is 0 Å². The first-order valence-corrected chi connectivity index (χ1v) is 7.36. The van der Waals surface area contributed by atoms with Crippen LogP contribution in [0.4, 0.5) is 5.69 Å². The van der Waals surface area contributed by atoms with E-state index in [1.807, 2.05) is 38.4 Å². The molecule has 0 aliphatic carbocycles. The molecule has 108 valence electrons. The van der Waals surface area contributed by atoms with Gasteiger partial charge in [-0.1, -0.05) is 35.9 Å². The minimum atomic E-state index is 0.242. The summed E-state index contributed by atoms with van der Waals surface area (Å²) >= 11 is 5.92. The number of hydrogen-bond acceptors (Lipinski definition) is 3. The first-order chi connectivity index (χ1) is 10.1. The predicted octanol–water partition coefficient (Wildman–Crippen LogP) is 3.84. The fraction of sp³-hybridized carbons (Fsp3) is 0.235. The molecule has 4 heteroatoms. The van der Waals surface area contributed by atoms with E-state index in [-0.39, 0.29) is 6.04 Å². The van der Waals surface area contributed by atoms with Crippen molar-refractivity contribution in [1.82, 2.24) is 5.43 Å². The lowest BCUT2D eigenvalue weighted by Crippen LogP contribution is -2.11. The Morgan fingerprint density at radius 3 is 2.33 bits per heavy atom. The van der Waals surface area contributed by atoms with Crippen LogP contribution in [0.5, 0.6) is 0 Å². The smallest absolute Gasteiger partial charge is 0.0745 e. The van der Waals surface area contributed by atoms with Crippen molar-refractivity contribution in [3.63, 3.8) is 0 Å². The molecule has 0 radical (unpaired) electrons. The minimum Gasteiger partial charge on any atom is -0.378 e. The van der Waals surface area contributed by atoms with Gasteiger partial charge in [0.15, 0.2) is 0 Å². The van der Waals surface area contributed by atoms with Crippen LogP contribution in [0.2, 0.25) is 5.02 Å². The van der Waals surface area contributed by atoms with Crippen LogP contribution >= 0.6 is 11.6 Å². The van der Waals surface area contributed by atoms with Crippen molar-refractivity contribution in [2.75, 3.05) is 19.0 Å². The molecule has 1 aliphatic rings. The number of hydrogen-bond donors (Lipinski definition) is 1. The van der Waals surface area contributed by atoms with E-state index >= 15 is 0 Å². The standard InChI is InChI=1S/C17H18ClN3/c1-21(2)15-9-5-13(6-10-15)17-11-16(19-20-17)12-3-7-14(18)8-4-12/h3-10,17,20H,11H2,1-2H3. The van der Waals surface area contributed by atoms with E-state index in [9.17, 15) is 0 Å². The number of halogens is 1. The van der Waals surface area contributed by atoms with Crippen LogP contribution in [0.3, 0.4) is 0 Å². The highest BCUT2D eigenvalue weighted by molar-refractivity contribution is 6.30. The Morgan fingerprint density at radius 2 is 1.71 bits per heavy atom. The molecule has 3 nitrogen and oxygen atoms in total. The van der Waals surface area contributed by atoms with Crippen molar-refractivity contribution in [3.8, 4) is 0 Å². The van der Waals surface area contributed by atoms with E-state index in [2.05, 4.69) is 39.7 Å². The van der Waals surface area contributed by atoms with Gasteiger partial charge in [-0.25, -0.2) is 0 Å². The van der Waals surface area contributed by atoms with Crippen LogP contribution in [0.15, 0.2) is 53.6 Å². The third kappa shape index (κ3) is 3.03. The van der Waals surface area contributed by atoms with Gasteiger partial charge >= 0.3 is 0 Å². The maximum atomic E-state index is 5.92. The fourth-order valence-electron chi connectivity index (χ4n) is 2.46. The Labute approximate surface area is 130 Å². The molecule has 0 spiro atoms. The number of nitrogens with zero attached hydrogens (tertiary/aromatic N) is 2. The normalized spacial score (nSPS) is 17.3. The first kappa shape index (κ1) is 14.0. The lowest BCUT2D eigenvalue weighted by atomic mass is 9.99. The highest BCUT2D eigenvalue weighted by Crippen LogP contribution is 2.26. The van der Waals surface area contributed by atoms with Gasteiger partial charge in [-0.2, -0.15) is 5.10 Å². The molecule has 0 saturated heterocycles. The van der Waals surface area contributed by atoms with Crippen molar-refractivity contribution in [3.05, 3.63) is 64.7 Å². The lowest BCUT2D eigenvalue weighted by Gasteiger charge is -2.15. The quantitative estimate of drug-likeness (QED) is 0.932. The summed E-state index contributed by atoms with van der Waals surface area (Å²) in [5.74, 6) is 0. The van der Waals surface area contributed by atoms with Crippen LogP contribution in [-0.2, 0) is 0 Å². The summed E-state index contributed by atoms with van der Waals surface area (Å²) in [5.41, 5.74) is 7.89. The summed E-state index contributed by atoms with van der Waals surface area (Å²) in [5, 5.41) is 5.22. The van der Waals surface area contributed by atoms with Crippen LogP contribution < -0.4 is 10.3 Å². The average molecular weight is 300 g/mol. The number of hydrazone groups is 1. The van der Waals surface area contributed by atoms with Gasteiger partial charge in [0.25, 0.3) is 0 Å². The van der Waals surface area contributed by atoms with E-state index in [0.29, 0.717) is 0 Å². The molecule has 0 aromatic heterocycles. The first-order valence-electron chi connectivity index (χ1n) is 6.99. The van der Waals surface area contributed by atoms with Crippen LogP contribution in [0, 0.1) is 0 Å². The number of nitrogens with one attached hydrogen (secondary N) is 1. The zero-order valence-electron chi connectivity index (χ0n) is 12.2. The van der Waals surface area contributed by atoms with Crippen LogP contribution in [0.1, 0.15) is 23.6 Å². The molecular formula is C17H18ClN3. The Hall–Kier alpha value is -2.00. The van der Waals surface area contributed by atoms with Gasteiger partial charge < -0.3 is 10.3 Å². The highest BCUT2D eigenvalue weighted by atomic mass is 35.5. The summed E-state index contributed by atoms with van der Waals surface area (Å²) < 4.78 is 0. The number of anilines is 1. The van der Waals surface area contributed by atoms with Gasteiger partial charge in [0.2, 0.25) is 0 Å². The largest absolute Gasteiger partial charge is 0.378 e. The Bertz CT molecular complexity index is 645. The monoisotopic (exact) mass is 299 g/mol. The molecule has 1 aliphatic heterocycles. The summed E-state index contributed by atoms with van der Waals surface area (Å²) in [6.07, 6.45) is 0.892.